The third-order valence-corrected chi connectivity index (χ3v) is 3.38. The molecule has 4 heteroatoms. The zero-order chi connectivity index (χ0) is 12.5. The van der Waals surface area contributed by atoms with E-state index in [1.807, 2.05) is 24.3 Å². The molecule has 0 bridgehead atoms. The lowest BCUT2D eigenvalue weighted by atomic mass is 9.97. The number of benzene rings is 1. The molecule has 2 aromatic rings. The monoisotopic (exact) mass is 259 g/mol. The average Bonchev–Trinajstić information content (AvgIpc) is 2.74. The number of hydrogen-bond acceptors (Lipinski definition) is 2. The fourth-order valence-electron chi connectivity index (χ4n) is 2.23. The zero-order valence-corrected chi connectivity index (χ0v) is 10.5. The van der Waals surface area contributed by atoms with Crippen molar-refractivity contribution in [1.29, 1.82) is 0 Å². The van der Waals surface area contributed by atoms with Crippen molar-refractivity contribution in [2.45, 2.75) is 12.8 Å². The Morgan fingerprint density at radius 3 is 2.89 bits per heavy atom. The largest absolute Gasteiger partial charge is 0.356 e. The predicted molar refractivity (Wildman–Crippen MR) is 71.3 cm³/mol. The molecule has 91 valence electrons. The van der Waals surface area contributed by atoms with Gasteiger partial charge in [0.1, 0.15) is 5.15 Å². The van der Waals surface area contributed by atoms with Gasteiger partial charge in [-0.3, -0.25) is 4.79 Å². The smallest absolute Gasteiger partial charge is 0.227 e. The second-order valence-corrected chi connectivity index (χ2v) is 4.83. The van der Waals surface area contributed by atoms with E-state index in [-0.39, 0.29) is 5.91 Å². The molecule has 1 saturated heterocycles. The lowest BCUT2D eigenvalue weighted by Gasteiger charge is -2.07. The molecule has 1 fully saturated rings. The minimum Gasteiger partial charge on any atom is -0.356 e. The maximum atomic E-state index is 11.5. The predicted octanol–water partition coefficient (Wildman–Crippen LogP) is 2.53. The molecule has 0 spiro atoms. The van der Waals surface area contributed by atoms with Crippen LogP contribution < -0.4 is 5.32 Å². The fourth-order valence-corrected chi connectivity index (χ4v) is 2.38. The van der Waals surface area contributed by atoms with Crippen molar-refractivity contribution in [3.05, 3.63) is 47.0 Å². The molecule has 1 radical (unpaired) electrons. The van der Waals surface area contributed by atoms with Gasteiger partial charge in [-0.2, -0.15) is 0 Å². The Balaban J connectivity index is 1.90. The first-order valence-corrected chi connectivity index (χ1v) is 6.28. The number of aromatic nitrogens is 1. The second kappa shape index (κ2) is 4.58. The van der Waals surface area contributed by atoms with E-state index < -0.39 is 0 Å². The second-order valence-electron chi connectivity index (χ2n) is 4.45. The van der Waals surface area contributed by atoms with Crippen LogP contribution in [0.15, 0.2) is 30.3 Å². The summed E-state index contributed by atoms with van der Waals surface area (Å²) in [6.07, 6.45) is 1.52. The van der Waals surface area contributed by atoms with E-state index >= 15 is 0 Å². The summed E-state index contributed by atoms with van der Waals surface area (Å²) in [5, 5.41) is 4.37. The van der Waals surface area contributed by atoms with Gasteiger partial charge in [-0.1, -0.05) is 23.7 Å². The molecule has 2 heterocycles. The Labute approximate surface area is 110 Å². The summed E-state index contributed by atoms with van der Waals surface area (Å²) in [6.45, 7) is 0.756. The van der Waals surface area contributed by atoms with Gasteiger partial charge < -0.3 is 5.32 Å². The molecular formula is C14H12ClN2O. The van der Waals surface area contributed by atoms with Crippen molar-refractivity contribution in [3.8, 4) is 0 Å². The Morgan fingerprint density at radius 2 is 2.11 bits per heavy atom. The Bertz CT molecular complexity index is 612. The van der Waals surface area contributed by atoms with Crippen molar-refractivity contribution < 1.29 is 4.79 Å². The maximum Gasteiger partial charge on any atom is 0.227 e. The Kier molecular flexibility index (Phi) is 2.92. The van der Waals surface area contributed by atoms with E-state index in [1.165, 1.54) is 0 Å². The van der Waals surface area contributed by atoms with E-state index in [1.54, 1.807) is 6.07 Å². The van der Waals surface area contributed by atoms with E-state index in [0.29, 0.717) is 11.6 Å². The van der Waals surface area contributed by atoms with Gasteiger partial charge in [0.25, 0.3) is 0 Å². The van der Waals surface area contributed by atoms with E-state index in [9.17, 15) is 4.79 Å². The summed E-state index contributed by atoms with van der Waals surface area (Å²) in [4.78, 5) is 15.8. The van der Waals surface area contributed by atoms with Crippen molar-refractivity contribution in [3.63, 3.8) is 0 Å². The first-order chi connectivity index (χ1) is 8.72. The molecule has 0 unspecified atom stereocenters. The van der Waals surface area contributed by atoms with Gasteiger partial charge in [-0.15, -0.1) is 0 Å². The van der Waals surface area contributed by atoms with Gasteiger partial charge in [0.15, 0.2) is 0 Å². The molecule has 1 aromatic heterocycles. The molecule has 1 aromatic carbocycles. The number of hydrogen-bond donors (Lipinski definition) is 1. The van der Waals surface area contributed by atoms with Gasteiger partial charge in [0.05, 0.1) is 11.4 Å². The van der Waals surface area contributed by atoms with Crippen LogP contribution >= 0.6 is 11.6 Å². The Hall–Kier alpha value is -1.61. The number of amides is 1. The lowest BCUT2D eigenvalue weighted by Crippen LogP contribution is -2.18. The molecule has 1 N–H and O–H groups in total. The number of fused-ring (bicyclic) bond motifs is 1. The molecule has 1 amide bonds. The molecule has 3 nitrogen and oxygen atoms in total. The SMILES string of the molecule is O=C1NCC[C]1Cc1ccc2ccc(Cl)nc2c1. The van der Waals surface area contributed by atoms with Crippen LogP contribution in [0, 0.1) is 5.92 Å². The number of rotatable bonds is 2. The first-order valence-electron chi connectivity index (χ1n) is 5.90. The molecule has 3 rings (SSSR count). The quantitative estimate of drug-likeness (QED) is 0.842. The van der Waals surface area contributed by atoms with E-state index in [0.717, 1.165) is 35.3 Å². The first kappa shape index (κ1) is 11.5. The molecule has 1 aliphatic heterocycles. The highest BCUT2D eigenvalue weighted by Crippen LogP contribution is 2.22. The van der Waals surface area contributed by atoms with Crippen LogP contribution in [0.1, 0.15) is 12.0 Å². The third-order valence-electron chi connectivity index (χ3n) is 3.17. The Morgan fingerprint density at radius 1 is 1.28 bits per heavy atom. The minimum absolute atomic E-state index is 0.0779. The van der Waals surface area contributed by atoms with Crippen LogP contribution in [-0.4, -0.2) is 17.4 Å². The van der Waals surface area contributed by atoms with Crippen LogP contribution in [0.2, 0.25) is 5.15 Å². The van der Waals surface area contributed by atoms with Crippen LogP contribution in [0.4, 0.5) is 0 Å². The summed E-state index contributed by atoms with van der Waals surface area (Å²) in [5.74, 6) is 1.02. The molecule has 0 aliphatic carbocycles. The van der Waals surface area contributed by atoms with Crippen LogP contribution in [0.25, 0.3) is 10.9 Å². The number of pyridine rings is 1. The molecule has 1 aliphatic rings. The highest BCUT2D eigenvalue weighted by molar-refractivity contribution is 6.29. The standard InChI is InChI=1S/C14H12ClN2O/c15-13-4-3-10-2-1-9(8-12(10)17-13)7-11-5-6-16-14(11)18/h1-4,8H,5-7H2,(H,16,18). The maximum absolute atomic E-state index is 11.5. The average molecular weight is 260 g/mol. The van der Waals surface area contributed by atoms with Gasteiger partial charge in [0.2, 0.25) is 5.91 Å². The summed E-state index contributed by atoms with van der Waals surface area (Å²) >= 11 is 5.88. The van der Waals surface area contributed by atoms with Crippen LogP contribution in [-0.2, 0) is 11.2 Å². The van der Waals surface area contributed by atoms with Crippen LogP contribution in [0.3, 0.4) is 0 Å². The van der Waals surface area contributed by atoms with Crippen molar-refractivity contribution in [1.82, 2.24) is 10.3 Å². The summed E-state index contributed by atoms with van der Waals surface area (Å²) < 4.78 is 0. The van der Waals surface area contributed by atoms with Crippen molar-refractivity contribution in [2.24, 2.45) is 0 Å². The normalized spacial score (nSPS) is 16.2. The van der Waals surface area contributed by atoms with Crippen LogP contribution in [0.5, 0.6) is 0 Å². The molecule has 18 heavy (non-hydrogen) atoms. The summed E-state index contributed by atoms with van der Waals surface area (Å²) in [6, 6.07) is 9.78. The molecular weight excluding hydrogens is 248 g/mol. The summed E-state index contributed by atoms with van der Waals surface area (Å²) in [5.41, 5.74) is 1.98. The fraction of sp³-hybridized carbons (Fsp3) is 0.214. The highest BCUT2D eigenvalue weighted by atomic mass is 35.5. The van der Waals surface area contributed by atoms with Gasteiger partial charge in [-0.25, -0.2) is 4.98 Å². The van der Waals surface area contributed by atoms with Crippen molar-refractivity contribution >= 4 is 28.4 Å². The van der Waals surface area contributed by atoms with Gasteiger partial charge in [-0.05, 0) is 36.6 Å². The molecule has 0 atom stereocenters. The lowest BCUT2D eigenvalue weighted by molar-refractivity contribution is -0.117. The van der Waals surface area contributed by atoms with Gasteiger partial charge in [0, 0.05) is 11.9 Å². The van der Waals surface area contributed by atoms with E-state index in [4.69, 9.17) is 11.6 Å². The number of carbonyl (C=O) groups is 1. The number of halogens is 1. The molecule has 0 saturated carbocycles. The topological polar surface area (TPSA) is 42.0 Å². The van der Waals surface area contributed by atoms with E-state index in [2.05, 4.69) is 10.3 Å². The number of carbonyl (C=O) groups excluding carboxylic acids is 1. The van der Waals surface area contributed by atoms with Crippen molar-refractivity contribution in [2.75, 3.05) is 6.54 Å². The number of nitrogens with zero attached hydrogens (tertiary/aromatic N) is 1. The third kappa shape index (κ3) is 2.18. The summed E-state index contributed by atoms with van der Waals surface area (Å²) in [7, 11) is 0. The van der Waals surface area contributed by atoms with Gasteiger partial charge >= 0.3 is 0 Å². The number of nitrogens with one attached hydrogen (secondary N) is 1. The minimum atomic E-state index is 0.0779. The highest BCUT2D eigenvalue weighted by Gasteiger charge is 2.24. The zero-order valence-electron chi connectivity index (χ0n) is 9.74.